The van der Waals surface area contributed by atoms with Crippen molar-refractivity contribution in [2.24, 2.45) is 0 Å². The minimum atomic E-state index is 0.638. The predicted octanol–water partition coefficient (Wildman–Crippen LogP) is 3.12. The molecule has 0 aliphatic carbocycles. The van der Waals surface area contributed by atoms with Gasteiger partial charge in [0.2, 0.25) is 0 Å². The number of nitrogens with zero attached hydrogens (tertiary/aromatic N) is 2. The lowest BCUT2D eigenvalue weighted by molar-refractivity contribution is 0.775. The molecule has 98 valence electrons. The average molecular weight is 253 g/mol. The fraction of sp³-hybridized carbons (Fsp3) is 0.312. The molecular weight excluding hydrogens is 234 g/mol. The van der Waals surface area contributed by atoms with Crippen molar-refractivity contribution in [2.75, 3.05) is 30.4 Å². The Morgan fingerprint density at radius 3 is 2.84 bits per heavy atom. The summed E-state index contributed by atoms with van der Waals surface area (Å²) in [5.74, 6) is 0.638. The van der Waals surface area contributed by atoms with E-state index in [0.29, 0.717) is 5.92 Å². The van der Waals surface area contributed by atoms with Crippen molar-refractivity contribution in [3.05, 3.63) is 54.4 Å². The molecule has 0 saturated carbocycles. The van der Waals surface area contributed by atoms with E-state index in [4.69, 9.17) is 0 Å². The van der Waals surface area contributed by atoms with E-state index in [-0.39, 0.29) is 0 Å². The highest BCUT2D eigenvalue weighted by Gasteiger charge is 2.24. The molecule has 3 heteroatoms. The number of nitrogens with one attached hydrogen (secondary N) is 1. The van der Waals surface area contributed by atoms with Crippen LogP contribution >= 0.6 is 0 Å². The molecule has 1 N–H and O–H groups in total. The van der Waals surface area contributed by atoms with Gasteiger partial charge in [-0.05, 0) is 18.1 Å². The molecule has 1 aliphatic rings. The van der Waals surface area contributed by atoms with E-state index < -0.39 is 0 Å². The molecule has 19 heavy (non-hydrogen) atoms. The van der Waals surface area contributed by atoms with Crippen LogP contribution in [0, 0.1) is 0 Å². The molecule has 3 nitrogen and oxygen atoms in total. The van der Waals surface area contributed by atoms with Crippen LogP contribution in [0.4, 0.5) is 11.4 Å². The number of benzene rings is 1. The molecule has 1 aromatic carbocycles. The van der Waals surface area contributed by atoms with Gasteiger partial charge in [-0.1, -0.05) is 30.3 Å². The smallest absolute Gasteiger partial charge is 0.0573 e. The summed E-state index contributed by atoms with van der Waals surface area (Å²) < 4.78 is 0. The Hall–Kier alpha value is -2.03. The van der Waals surface area contributed by atoms with Crippen LogP contribution in [-0.2, 0) is 0 Å². The van der Waals surface area contributed by atoms with E-state index >= 15 is 0 Å². The van der Waals surface area contributed by atoms with Crippen LogP contribution in [0.15, 0.2) is 48.8 Å². The number of hydrogen-bond acceptors (Lipinski definition) is 3. The molecule has 2 aromatic rings. The Morgan fingerprint density at radius 1 is 1.21 bits per heavy atom. The molecule has 0 radical (unpaired) electrons. The summed E-state index contributed by atoms with van der Waals surface area (Å²) in [6.45, 7) is 2.19. The van der Waals surface area contributed by atoms with Gasteiger partial charge in [-0.15, -0.1) is 0 Å². The number of aromatic nitrogens is 1. The van der Waals surface area contributed by atoms with E-state index in [1.165, 1.54) is 17.7 Å². The third-order valence-electron chi connectivity index (χ3n) is 3.84. The normalized spacial score (nSPS) is 18.6. The second kappa shape index (κ2) is 5.31. The lowest BCUT2D eigenvalue weighted by atomic mass is 9.99. The summed E-state index contributed by atoms with van der Waals surface area (Å²) in [5.41, 5.74) is 3.73. The minimum Gasteiger partial charge on any atom is -0.387 e. The van der Waals surface area contributed by atoms with Gasteiger partial charge in [-0.3, -0.25) is 4.98 Å². The molecule has 0 amide bonds. The molecule has 2 heterocycles. The third kappa shape index (κ3) is 2.55. The maximum absolute atomic E-state index is 4.29. The molecule has 3 rings (SSSR count). The summed E-state index contributed by atoms with van der Waals surface area (Å²) in [5, 5.41) is 3.14. The van der Waals surface area contributed by atoms with Gasteiger partial charge < -0.3 is 10.2 Å². The summed E-state index contributed by atoms with van der Waals surface area (Å²) in [6.07, 6.45) is 5.02. The Balaban J connectivity index is 1.75. The fourth-order valence-corrected chi connectivity index (χ4v) is 2.73. The molecule has 1 aromatic heterocycles. The van der Waals surface area contributed by atoms with E-state index in [0.717, 1.165) is 18.8 Å². The van der Waals surface area contributed by atoms with Crippen molar-refractivity contribution in [1.82, 2.24) is 4.98 Å². The highest BCUT2D eigenvalue weighted by atomic mass is 15.2. The number of pyridine rings is 1. The molecule has 0 spiro atoms. The van der Waals surface area contributed by atoms with Gasteiger partial charge in [0.05, 0.1) is 23.8 Å². The molecule has 1 atom stereocenters. The van der Waals surface area contributed by atoms with Crippen LogP contribution < -0.4 is 10.2 Å². The maximum atomic E-state index is 4.29. The number of rotatable bonds is 3. The van der Waals surface area contributed by atoms with Crippen LogP contribution in [0.2, 0.25) is 0 Å². The zero-order valence-electron chi connectivity index (χ0n) is 11.2. The van der Waals surface area contributed by atoms with Gasteiger partial charge in [0, 0.05) is 26.1 Å². The van der Waals surface area contributed by atoms with Crippen LogP contribution in [0.25, 0.3) is 0 Å². The first-order chi connectivity index (χ1) is 9.36. The topological polar surface area (TPSA) is 28.2 Å². The summed E-state index contributed by atoms with van der Waals surface area (Å²) >= 11 is 0. The predicted molar refractivity (Wildman–Crippen MR) is 79.8 cm³/mol. The largest absolute Gasteiger partial charge is 0.387 e. The second-order valence-electron chi connectivity index (χ2n) is 5.02. The van der Waals surface area contributed by atoms with Crippen LogP contribution in [0.1, 0.15) is 17.9 Å². The Labute approximate surface area is 114 Å². The summed E-state index contributed by atoms with van der Waals surface area (Å²) in [6, 6.07) is 13.0. The molecule has 1 fully saturated rings. The highest BCUT2D eigenvalue weighted by Crippen LogP contribution is 2.31. The van der Waals surface area contributed by atoms with Gasteiger partial charge in [0.15, 0.2) is 0 Å². The van der Waals surface area contributed by atoms with Crippen molar-refractivity contribution >= 4 is 11.4 Å². The molecule has 1 aliphatic heterocycles. The zero-order chi connectivity index (χ0) is 13.1. The lowest BCUT2D eigenvalue weighted by Gasteiger charge is -2.19. The monoisotopic (exact) mass is 253 g/mol. The van der Waals surface area contributed by atoms with E-state index in [1.807, 2.05) is 19.4 Å². The first-order valence-corrected chi connectivity index (χ1v) is 6.79. The molecule has 0 bridgehead atoms. The van der Waals surface area contributed by atoms with Gasteiger partial charge in [0.25, 0.3) is 0 Å². The summed E-state index contributed by atoms with van der Waals surface area (Å²) in [7, 11) is 1.93. The van der Waals surface area contributed by atoms with Gasteiger partial charge in [0.1, 0.15) is 0 Å². The molecule has 1 unspecified atom stereocenters. The fourth-order valence-electron chi connectivity index (χ4n) is 2.73. The maximum Gasteiger partial charge on any atom is 0.0573 e. The first kappa shape index (κ1) is 12.0. The highest BCUT2D eigenvalue weighted by molar-refractivity contribution is 5.56. The van der Waals surface area contributed by atoms with Crippen molar-refractivity contribution in [2.45, 2.75) is 12.3 Å². The average Bonchev–Trinajstić information content (AvgIpc) is 2.98. The van der Waals surface area contributed by atoms with Crippen LogP contribution in [0.5, 0.6) is 0 Å². The number of hydrogen-bond donors (Lipinski definition) is 1. The Morgan fingerprint density at radius 2 is 2.05 bits per heavy atom. The Bertz CT molecular complexity index is 539. The first-order valence-electron chi connectivity index (χ1n) is 6.79. The summed E-state index contributed by atoms with van der Waals surface area (Å²) in [4.78, 5) is 6.72. The van der Waals surface area contributed by atoms with Crippen LogP contribution in [0.3, 0.4) is 0 Å². The van der Waals surface area contributed by atoms with Crippen molar-refractivity contribution < 1.29 is 0 Å². The third-order valence-corrected chi connectivity index (χ3v) is 3.84. The van der Waals surface area contributed by atoms with Gasteiger partial charge in [-0.2, -0.15) is 0 Å². The standard InChI is InChI=1S/C16H19N3/c1-17-15-9-16(11-18-10-15)19-8-7-14(12-19)13-5-3-2-4-6-13/h2-6,9-11,14,17H,7-8,12H2,1H3. The van der Waals surface area contributed by atoms with Gasteiger partial charge in [-0.25, -0.2) is 0 Å². The SMILES string of the molecule is CNc1cncc(N2CCC(c3ccccc3)C2)c1. The zero-order valence-corrected chi connectivity index (χ0v) is 11.2. The van der Waals surface area contributed by atoms with Crippen LogP contribution in [-0.4, -0.2) is 25.1 Å². The minimum absolute atomic E-state index is 0.638. The quantitative estimate of drug-likeness (QED) is 0.911. The van der Waals surface area contributed by atoms with Crippen molar-refractivity contribution in [1.29, 1.82) is 0 Å². The number of anilines is 2. The van der Waals surface area contributed by atoms with E-state index in [9.17, 15) is 0 Å². The molecular formula is C16H19N3. The van der Waals surface area contributed by atoms with Gasteiger partial charge >= 0.3 is 0 Å². The lowest BCUT2D eigenvalue weighted by Crippen LogP contribution is -2.19. The second-order valence-corrected chi connectivity index (χ2v) is 5.02. The van der Waals surface area contributed by atoms with E-state index in [2.05, 4.69) is 51.6 Å². The Kier molecular flexibility index (Phi) is 3.36. The van der Waals surface area contributed by atoms with E-state index in [1.54, 1.807) is 0 Å². The molecule has 1 saturated heterocycles. The van der Waals surface area contributed by atoms with Crippen molar-refractivity contribution in [3.8, 4) is 0 Å². The van der Waals surface area contributed by atoms with Crippen molar-refractivity contribution in [3.63, 3.8) is 0 Å².